The van der Waals surface area contributed by atoms with E-state index in [2.05, 4.69) is 10.2 Å². The second kappa shape index (κ2) is 3.44. The fourth-order valence-electron chi connectivity index (χ4n) is 2.12. The number of hydrogen-bond acceptors (Lipinski definition) is 2. The fraction of sp³-hybridized carbons (Fsp3) is 0.889. The van der Waals surface area contributed by atoms with Crippen molar-refractivity contribution in [2.75, 3.05) is 19.6 Å². The molecule has 1 amide bonds. The Morgan fingerprint density at radius 2 is 2.33 bits per heavy atom. The van der Waals surface area contributed by atoms with E-state index in [4.69, 9.17) is 0 Å². The van der Waals surface area contributed by atoms with Crippen LogP contribution in [-0.2, 0) is 4.79 Å². The van der Waals surface area contributed by atoms with Gasteiger partial charge in [-0.15, -0.1) is 0 Å². The number of rotatable bonds is 1. The molecule has 2 aliphatic rings. The van der Waals surface area contributed by atoms with Crippen molar-refractivity contribution in [2.45, 2.75) is 31.7 Å². The zero-order valence-electron chi connectivity index (χ0n) is 7.38. The third-order valence-electron chi connectivity index (χ3n) is 2.84. The molecule has 3 heteroatoms. The molecule has 2 rings (SSSR count). The van der Waals surface area contributed by atoms with Gasteiger partial charge in [0.25, 0.3) is 0 Å². The van der Waals surface area contributed by atoms with E-state index in [-0.39, 0.29) is 0 Å². The van der Waals surface area contributed by atoms with Crippen LogP contribution in [0.5, 0.6) is 0 Å². The van der Waals surface area contributed by atoms with Crippen molar-refractivity contribution < 1.29 is 4.79 Å². The van der Waals surface area contributed by atoms with E-state index in [0.29, 0.717) is 11.9 Å². The largest absolute Gasteiger partial charge is 0.338 e. The van der Waals surface area contributed by atoms with E-state index in [1.807, 2.05) is 0 Å². The normalized spacial score (nSPS) is 31.2. The van der Waals surface area contributed by atoms with E-state index >= 15 is 0 Å². The van der Waals surface area contributed by atoms with E-state index in [1.165, 1.54) is 6.42 Å². The third-order valence-corrected chi connectivity index (χ3v) is 2.84. The van der Waals surface area contributed by atoms with Gasteiger partial charge in [0.15, 0.2) is 0 Å². The van der Waals surface area contributed by atoms with Crippen LogP contribution >= 0.6 is 0 Å². The van der Waals surface area contributed by atoms with Crippen LogP contribution in [0.25, 0.3) is 0 Å². The number of amides is 1. The zero-order chi connectivity index (χ0) is 8.39. The molecule has 2 fully saturated rings. The van der Waals surface area contributed by atoms with E-state index in [9.17, 15) is 4.79 Å². The summed E-state index contributed by atoms with van der Waals surface area (Å²) in [5.41, 5.74) is 0. The number of likely N-dealkylation sites (tertiary alicyclic amines) is 1. The highest BCUT2D eigenvalue weighted by Crippen LogP contribution is 2.16. The first kappa shape index (κ1) is 8.05. The van der Waals surface area contributed by atoms with Crippen LogP contribution in [0.1, 0.15) is 25.7 Å². The summed E-state index contributed by atoms with van der Waals surface area (Å²) >= 11 is 0. The maximum Gasteiger partial charge on any atom is 0.222 e. The van der Waals surface area contributed by atoms with Crippen LogP contribution in [0.15, 0.2) is 0 Å². The maximum atomic E-state index is 11.5. The Balaban J connectivity index is 1.95. The standard InChI is InChI=1S/C9H16N2O/c12-9-3-1-2-6-11(9)8-4-5-10-7-8/h8,10H,1-7H2/t8-/m0/s1. The minimum atomic E-state index is 0.370. The van der Waals surface area contributed by atoms with Crippen LogP contribution in [0.4, 0.5) is 0 Å². The van der Waals surface area contributed by atoms with Gasteiger partial charge in [0.1, 0.15) is 0 Å². The molecular weight excluding hydrogens is 152 g/mol. The van der Waals surface area contributed by atoms with Crippen molar-refractivity contribution in [3.05, 3.63) is 0 Å². The quantitative estimate of drug-likeness (QED) is 0.613. The van der Waals surface area contributed by atoms with Crippen LogP contribution < -0.4 is 5.32 Å². The van der Waals surface area contributed by atoms with Gasteiger partial charge in [-0.25, -0.2) is 0 Å². The number of nitrogens with zero attached hydrogens (tertiary/aromatic N) is 1. The first-order chi connectivity index (χ1) is 5.88. The molecular formula is C9H16N2O. The van der Waals surface area contributed by atoms with Crippen molar-refractivity contribution in [3.8, 4) is 0 Å². The lowest BCUT2D eigenvalue weighted by molar-refractivity contribution is -0.135. The van der Waals surface area contributed by atoms with E-state index in [1.54, 1.807) is 0 Å². The molecule has 2 saturated heterocycles. The predicted molar refractivity (Wildman–Crippen MR) is 46.8 cm³/mol. The lowest BCUT2D eigenvalue weighted by atomic mass is 10.1. The highest BCUT2D eigenvalue weighted by atomic mass is 16.2. The van der Waals surface area contributed by atoms with E-state index in [0.717, 1.165) is 38.9 Å². The molecule has 0 unspecified atom stereocenters. The Labute approximate surface area is 73.1 Å². The molecule has 0 saturated carbocycles. The molecule has 12 heavy (non-hydrogen) atoms. The highest BCUT2D eigenvalue weighted by Gasteiger charge is 2.27. The number of carbonyl (C=O) groups excluding carboxylic acids is 1. The second-order valence-electron chi connectivity index (χ2n) is 3.69. The summed E-state index contributed by atoms with van der Waals surface area (Å²) in [6.07, 6.45) is 4.21. The summed E-state index contributed by atoms with van der Waals surface area (Å²) in [6.45, 7) is 3.07. The lowest BCUT2D eigenvalue weighted by Gasteiger charge is -2.31. The summed E-state index contributed by atoms with van der Waals surface area (Å²) in [5, 5.41) is 3.30. The van der Waals surface area contributed by atoms with Crippen LogP contribution in [0.3, 0.4) is 0 Å². The van der Waals surface area contributed by atoms with Crippen molar-refractivity contribution in [1.29, 1.82) is 0 Å². The maximum absolute atomic E-state index is 11.5. The molecule has 1 atom stereocenters. The van der Waals surface area contributed by atoms with Gasteiger partial charge >= 0.3 is 0 Å². The van der Waals surface area contributed by atoms with Gasteiger partial charge in [0.2, 0.25) is 5.91 Å². The van der Waals surface area contributed by atoms with Crippen molar-refractivity contribution in [3.63, 3.8) is 0 Å². The Morgan fingerprint density at radius 3 is 3.00 bits per heavy atom. The summed E-state index contributed by atoms with van der Waals surface area (Å²) in [4.78, 5) is 13.6. The molecule has 0 radical (unpaired) electrons. The van der Waals surface area contributed by atoms with Gasteiger partial charge in [0.05, 0.1) is 0 Å². The minimum absolute atomic E-state index is 0.370. The van der Waals surface area contributed by atoms with Gasteiger partial charge in [-0.3, -0.25) is 4.79 Å². The van der Waals surface area contributed by atoms with Crippen LogP contribution in [-0.4, -0.2) is 36.5 Å². The Morgan fingerprint density at radius 1 is 1.42 bits per heavy atom. The third kappa shape index (κ3) is 1.46. The molecule has 0 aromatic rings. The van der Waals surface area contributed by atoms with Gasteiger partial charge in [-0.1, -0.05) is 0 Å². The van der Waals surface area contributed by atoms with Crippen molar-refractivity contribution in [2.24, 2.45) is 0 Å². The van der Waals surface area contributed by atoms with Gasteiger partial charge in [-0.2, -0.15) is 0 Å². The average Bonchev–Trinajstić information content (AvgIpc) is 2.57. The molecule has 2 aliphatic heterocycles. The summed E-state index contributed by atoms with van der Waals surface area (Å²) in [7, 11) is 0. The van der Waals surface area contributed by atoms with Gasteiger partial charge < -0.3 is 10.2 Å². The van der Waals surface area contributed by atoms with Crippen LogP contribution in [0.2, 0.25) is 0 Å². The number of nitrogens with one attached hydrogen (secondary N) is 1. The monoisotopic (exact) mass is 168 g/mol. The number of piperidine rings is 1. The average molecular weight is 168 g/mol. The first-order valence-corrected chi connectivity index (χ1v) is 4.88. The molecule has 0 aromatic carbocycles. The smallest absolute Gasteiger partial charge is 0.222 e. The zero-order valence-corrected chi connectivity index (χ0v) is 7.38. The second-order valence-corrected chi connectivity index (χ2v) is 3.69. The lowest BCUT2D eigenvalue weighted by Crippen LogP contribution is -2.44. The Kier molecular flexibility index (Phi) is 2.30. The fourth-order valence-corrected chi connectivity index (χ4v) is 2.12. The summed E-state index contributed by atoms with van der Waals surface area (Å²) < 4.78 is 0. The molecule has 0 spiro atoms. The minimum Gasteiger partial charge on any atom is -0.338 e. The molecule has 0 aromatic heterocycles. The number of carbonyl (C=O) groups is 1. The van der Waals surface area contributed by atoms with Crippen molar-refractivity contribution in [1.82, 2.24) is 10.2 Å². The van der Waals surface area contributed by atoms with E-state index < -0.39 is 0 Å². The van der Waals surface area contributed by atoms with Gasteiger partial charge in [0, 0.05) is 25.6 Å². The predicted octanol–water partition coefficient (Wildman–Crippen LogP) is 0.361. The molecule has 0 aliphatic carbocycles. The summed E-state index contributed by atoms with van der Waals surface area (Å²) in [6, 6.07) is 0.498. The topological polar surface area (TPSA) is 32.3 Å². The molecule has 1 N–H and O–H groups in total. The number of hydrogen-bond donors (Lipinski definition) is 1. The molecule has 68 valence electrons. The summed E-state index contributed by atoms with van der Waals surface area (Å²) in [5.74, 6) is 0.370. The van der Waals surface area contributed by atoms with Crippen molar-refractivity contribution >= 4 is 5.91 Å². The van der Waals surface area contributed by atoms with Gasteiger partial charge in [-0.05, 0) is 25.8 Å². The first-order valence-electron chi connectivity index (χ1n) is 4.88. The highest BCUT2D eigenvalue weighted by molar-refractivity contribution is 5.77. The Hall–Kier alpha value is -0.570. The molecule has 2 heterocycles. The Bertz CT molecular complexity index is 175. The molecule has 0 bridgehead atoms. The molecule has 3 nitrogen and oxygen atoms in total. The SMILES string of the molecule is O=C1CCCCN1[C@H]1CCNC1. The van der Waals surface area contributed by atoms with Crippen LogP contribution in [0, 0.1) is 0 Å².